The van der Waals surface area contributed by atoms with E-state index in [-0.39, 0.29) is 0 Å². The SMILES string of the molecule is c1ccc2c(c1)c1c3n2CCCCn2c4c(c5ccccc52)CC2=C4C3=C(C2)C1. The molecule has 29 heavy (non-hydrogen) atoms. The van der Waals surface area contributed by atoms with Crippen molar-refractivity contribution >= 4 is 33.0 Å². The van der Waals surface area contributed by atoms with E-state index in [2.05, 4.69) is 57.7 Å². The van der Waals surface area contributed by atoms with Gasteiger partial charge in [-0.05, 0) is 55.4 Å². The maximum atomic E-state index is 2.67. The van der Waals surface area contributed by atoms with Crippen molar-refractivity contribution in [3.63, 3.8) is 0 Å². The normalized spacial score (nSPS) is 19.2. The molecule has 0 atom stereocenters. The monoisotopic (exact) mass is 374 g/mol. The van der Waals surface area contributed by atoms with Gasteiger partial charge < -0.3 is 9.13 Å². The highest BCUT2D eigenvalue weighted by molar-refractivity contribution is 6.17. The Labute approximate surface area is 169 Å². The summed E-state index contributed by atoms with van der Waals surface area (Å²) in [6.45, 7) is 2.27. The number of hydrogen-bond acceptors (Lipinski definition) is 0. The van der Waals surface area contributed by atoms with Crippen LogP contribution in [-0.2, 0) is 25.9 Å². The van der Waals surface area contributed by atoms with E-state index in [9.17, 15) is 0 Å². The summed E-state index contributed by atoms with van der Waals surface area (Å²) in [4.78, 5) is 0. The fourth-order valence-corrected chi connectivity index (χ4v) is 6.77. The Kier molecular flexibility index (Phi) is 2.54. The summed E-state index contributed by atoms with van der Waals surface area (Å²) in [5.74, 6) is 0. The van der Waals surface area contributed by atoms with Gasteiger partial charge in [0.2, 0.25) is 0 Å². The molecule has 1 aliphatic heterocycles. The van der Waals surface area contributed by atoms with Crippen LogP contribution in [0.25, 0.3) is 33.0 Å². The molecule has 4 aliphatic rings. The lowest BCUT2D eigenvalue weighted by molar-refractivity contribution is 0.563. The van der Waals surface area contributed by atoms with Gasteiger partial charge in [0.1, 0.15) is 0 Å². The molecule has 0 fully saturated rings. The van der Waals surface area contributed by atoms with E-state index in [0.29, 0.717) is 0 Å². The number of fused-ring (bicyclic) bond motifs is 6. The molecule has 2 aromatic heterocycles. The quantitative estimate of drug-likeness (QED) is 0.351. The van der Waals surface area contributed by atoms with Crippen LogP contribution in [0, 0.1) is 0 Å². The van der Waals surface area contributed by atoms with Crippen molar-refractivity contribution in [2.75, 3.05) is 0 Å². The molecule has 0 unspecified atom stereocenters. The molecule has 8 rings (SSSR count). The summed E-state index contributed by atoms with van der Waals surface area (Å²) in [6, 6.07) is 18.2. The maximum Gasteiger partial charge on any atom is 0.0533 e. The van der Waals surface area contributed by atoms with Gasteiger partial charge >= 0.3 is 0 Å². The van der Waals surface area contributed by atoms with Crippen LogP contribution >= 0.6 is 0 Å². The van der Waals surface area contributed by atoms with Gasteiger partial charge in [-0.15, -0.1) is 0 Å². The first-order valence-corrected chi connectivity index (χ1v) is 11.1. The van der Waals surface area contributed by atoms with Crippen molar-refractivity contribution in [3.05, 3.63) is 82.2 Å². The minimum atomic E-state index is 1.14. The van der Waals surface area contributed by atoms with Crippen LogP contribution in [0.5, 0.6) is 0 Å². The zero-order chi connectivity index (χ0) is 18.7. The van der Waals surface area contributed by atoms with Gasteiger partial charge in [-0.3, -0.25) is 0 Å². The highest BCUT2D eigenvalue weighted by Gasteiger charge is 2.41. The molecule has 0 N–H and O–H groups in total. The van der Waals surface area contributed by atoms with E-state index < -0.39 is 0 Å². The van der Waals surface area contributed by atoms with E-state index in [1.54, 1.807) is 44.8 Å². The Morgan fingerprint density at radius 1 is 0.552 bits per heavy atom. The molecule has 0 bridgehead atoms. The zero-order valence-electron chi connectivity index (χ0n) is 16.5. The molecule has 0 saturated heterocycles. The molecule has 140 valence electrons. The molecule has 3 aliphatic carbocycles. The van der Waals surface area contributed by atoms with Crippen molar-refractivity contribution in [2.24, 2.45) is 0 Å². The smallest absolute Gasteiger partial charge is 0.0533 e. The third-order valence-corrected chi connectivity index (χ3v) is 7.80. The van der Waals surface area contributed by atoms with E-state index in [4.69, 9.17) is 0 Å². The molecule has 2 nitrogen and oxygen atoms in total. The summed E-state index contributed by atoms with van der Waals surface area (Å²) in [6.07, 6.45) is 5.97. The molecule has 0 radical (unpaired) electrons. The fourth-order valence-electron chi connectivity index (χ4n) is 6.77. The Hall–Kier alpha value is -3.00. The van der Waals surface area contributed by atoms with Crippen molar-refractivity contribution in [2.45, 2.75) is 45.2 Å². The lowest BCUT2D eigenvalue weighted by Gasteiger charge is -2.19. The maximum absolute atomic E-state index is 2.67. The van der Waals surface area contributed by atoms with E-state index >= 15 is 0 Å². The van der Waals surface area contributed by atoms with Gasteiger partial charge in [0.25, 0.3) is 0 Å². The van der Waals surface area contributed by atoms with Crippen LogP contribution in [0.2, 0.25) is 0 Å². The van der Waals surface area contributed by atoms with Crippen LogP contribution in [0.15, 0.2) is 59.7 Å². The van der Waals surface area contributed by atoms with Crippen LogP contribution < -0.4 is 0 Å². The lowest BCUT2D eigenvalue weighted by atomic mass is 10.0. The highest BCUT2D eigenvalue weighted by atomic mass is 15.0. The van der Waals surface area contributed by atoms with Gasteiger partial charge in [-0.2, -0.15) is 0 Å². The molecular weight excluding hydrogens is 352 g/mol. The van der Waals surface area contributed by atoms with Gasteiger partial charge in [-0.1, -0.05) is 47.5 Å². The summed E-state index contributed by atoms with van der Waals surface area (Å²) >= 11 is 0. The number of benzene rings is 2. The van der Waals surface area contributed by atoms with Gasteiger partial charge in [0.05, 0.1) is 11.4 Å². The van der Waals surface area contributed by atoms with Crippen molar-refractivity contribution in [3.8, 4) is 0 Å². The third-order valence-electron chi connectivity index (χ3n) is 7.80. The second kappa shape index (κ2) is 4.94. The Balaban J connectivity index is 1.49. The number of hydrogen-bond donors (Lipinski definition) is 0. The van der Waals surface area contributed by atoms with Gasteiger partial charge in [0, 0.05) is 46.0 Å². The van der Waals surface area contributed by atoms with Crippen LogP contribution in [0.1, 0.15) is 41.8 Å². The highest BCUT2D eigenvalue weighted by Crippen LogP contribution is 2.57. The van der Waals surface area contributed by atoms with E-state index in [0.717, 1.165) is 25.9 Å². The molecule has 0 saturated carbocycles. The second-order valence-electron chi connectivity index (χ2n) is 9.19. The second-order valence-corrected chi connectivity index (χ2v) is 9.19. The molecule has 2 heteroatoms. The van der Waals surface area contributed by atoms with Crippen LogP contribution in [0.4, 0.5) is 0 Å². The largest absolute Gasteiger partial charge is 0.340 e. The van der Waals surface area contributed by atoms with Gasteiger partial charge in [-0.25, -0.2) is 0 Å². The number of allylic oxidation sites excluding steroid dienone is 4. The van der Waals surface area contributed by atoms with Crippen molar-refractivity contribution in [1.29, 1.82) is 0 Å². The molecular formula is C27H22N2. The number of rotatable bonds is 0. The Bertz CT molecular complexity index is 1360. The van der Waals surface area contributed by atoms with Crippen molar-refractivity contribution in [1.82, 2.24) is 9.13 Å². The summed E-state index contributed by atoms with van der Waals surface area (Å²) < 4.78 is 5.33. The fraction of sp³-hybridized carbons (Fsp3) is 0.259. The third kappa shape index (κ3) is 1.63. The number of para-hydroxylation sites is 2. The standard InChI is InChI=1S/C27H22N2/c1-3-9-22-18(7-1)20-14-16-13-17-15-21-19-8-2-4-10-23(19)29-12-6-5-11-28(22)26(20)24(16)25(17)27(21)29/h1-4,7-10H,5-6,11-15H2. The predicted molar refractivity (Wildman–Crippen MR) is 119 cm³/mol. The topological polar surface area (TPSA) is 9.86 Å². The van der Waals surface area contributed by atoms with Crippen molar-refractivity contribution < 1.29 is 0 Å². The lowest BCUT2D eigenvalue weighted by Crippen LogP contribution is -2.10. The average Bonchev–Trinajstić information content (AvgIpc) is 3.49. The molecule has 2 aromatic carbocycles. The molecule has 0 amide bonds. The Morgan fingerprint density at radius 3 is 1.55 bits per heavy atom. The Morgan fingerprint density at radius 2 is 1.03 bits per heavy atom. The zero-order valence-corrected chi connectivity index (χ0v) is 16.5. The summed E-state index contributed by atoms with van der Waals surface area (Å²) in [5, 5.41) is 2.97. The molecule has 0 spiro atoms. The first-order chi connectivity index (χ1) is 14.4. The minimum Gasteiger partial charge on any atom is -0.340 e. The number of nitrogens with zero attached hydrogens (tertiary/aromatic N) is 2. The minimum absolute atomic E-state index is 1.14. The average molecular weight is 374 g/mol. The first kappa shape index (κ1) is 14.9. The summed E-state index contributed by atoms with van der Waals surface area (Å²) in [7, 11) is 0. The molecule has 4 aromatic rings. The number of aryl methyl sites for hydroxylation is 2. The van der Waals surface area contributed by atoms with Crippen LogP contribution in [0.3, 0.4) is 0 Å². The molecule has 3 heterocycles. The number of aromatic nitrogens is 2. The first-order valence-electron chi connectivity index (χ1n) is 11.1. The summed E-state index contributed by atoms with van der Waals surface area (Å²) in [5.41, 5.74) is 15.8. The van der Waals surface area contributed by atoms with Gasteiger partial charge in [0.15, 0.2) is 0 Å². The predicted octanol–water partition coefficient (Wildman–Crippen LogP) is 6.11. The van der Waals surface area contributed by atoms with E-state index in [1.807, 2.05) is 0 Å². The van der Waals surface area contributed by atoms with Crippen LogP contribution in [-0.4, -0.2) is 9.13 Å². The van der Waals surface area contributed by atoms with E-state index in [1.165, 1.54) is 41.1 Å².